The standard InChI is InChI=1S/C18H29NO3S/c1-5-22-17-12-15(4)18(13-16(17)14(2)3)23(20,21)19-10-8-6-7-9-11-19/h12-14H,5-11H2,1-4H3. The summed E-state index contributed by atoms with van der Waals surface area (Å²) in [5.74, 6) is 1.02. The predicted octanol–water partition coefficient (Wildman–Crippen LogP) is 4.08. The maximum Gasteiger partial charge on any atom is 0.243 e. The Balaban J connectivity index is 2.46. The zero-order valence-corrected chi connectivity index (χ0v) is 15.6. The average Bonchev–Trinajstić information content (AvgIpc) is 2.76. The molecule has 4 nitrogen and oxygen atoms in total. The van der Waals surface area contributed by atoms with E-state index in [1.165, 1.54) is 0 Å². The summed E-state index contributed by atoms with van der Waals surface area (Å²) in [7, 11) is -3.43. The molecule has 0 aliphatic carbocycles. The van der Waals surface area contributed by atoms with Gasteiger partial charge in [0.15, 0.2) is 0 Å². The van der Waals surface area contributed by atoms with E-state index in [1.807, 2.05) is 26.0 Å². The first-order valence-corrected chi connectivity index (χ1v) is 10.1. The van der Waals surface area contributed by atoms with Crippen LogP contribution in [-0.2, 0) is 10.0 Å². The molecule has 0 unspecified atom stereocenters. The van der Waals surface area contributed by atoms with Crippen LogP contribution in [0.4, 0.5) is 0 Å². The monoisotopic (exact) mass is 339 g/mol. The summed E-state index contributed by atoms with van der Waals surface area (Å²) in [6, 6.07) is 3.70. The first-order valence-electron chi connectivity index (χ1n) is 8.65. The van der Waals surface area contributed by atoms with E-state index in [0.717, 1.165) is 42.6 Å². The SMILES string of the molecule is CCOc1cc(C)c(S(=O)(=O)N2CCCCCC2)cc1C(C)C. The van der Waals surface area contributed by atoms with Gasteiger partial charge in [0.25, 0.3) is 0 Å². The highest BCUT2D eigenvalue weighted by Crippen LogP contribution is 2.33. The lowest BCUT2D eigenvalue weighted by Gasteiger charge is -2.23. The molecule has 23 heavy (non-hydrogen) atoms. The van der Waals surface area contributed by atoms with Crippen molar-refractivity contribution in [2.75, 3.05) is 19.7 Å². The van der Waals surface area contributed by atoms with Crippen molar-refractivity contribution in [2.24, 2.45) is 0 Å². The quantitative estimate of drug-likeness (QED) is 0.812. The molecule has 1 aromatic carbocycles. The Morgan fingerprint density at radius 3 is 2.26 bits per heavy atom. The first kappa shape index (κ1) is 18.3. The lowest BCUT2D eigenvalue weighted by Crippen LogP contribution is -2.32. The van der Waals surface area contributed by atoms with E-state index < -0.39 is 10.0 Å². The molecule has 0 bridgehead atoms. The van der Waals surface area contributed by atoms with Gasteiger partial charge in [0.1, 0.15) is 5.75 Å². The number of hydrogen-bond acceptors (Lipinski definition) is 3. The molecule has 1 heterocycles. The van der Waals surface area contributed by atoms with Crippen LogP contribution in [0.25, 0.3) is 0 Å². The van der Waals surface area contributed by atoms with Crippen molar-refractivity contribution in [1.29, 1.82) is 0 Å². The van der Waals surface area contributed by atoms with Gasteiger partial charge in [-0.1, -0.05) is 26.7 Å². The molecule has 0 radical (unpaired) electrons. The second-order valence-electron chi connectivity index (χ2n) is 6.56. The molecule has 1 aliphatic heterocycles. The normalized spacial score (nSPS) is 17.3. The van der Waals surface area contributed by atoms with Crippen LogP contribution in [0, 0.1) is 6.92 Å². The second-order valence-corrected chi connectivity index (χ2v) is 8.47. The number of nitrogens with zero attached hydrogens (tertiary/aromatic N) is 1. The second kappa shape index (κ2) is 7.67. The zero-order valence-electron chi connectivity index (χ0n) is 14.8. The highest BCUT2D eigenvalue weighted by molar-refractivity contribution is 7.89. The van der Waals surface area contributed by atoms with Gasteiger partial charge in [0.05, 0.1) is 11.5 Å². The molecular weight excluding hydrogens is 310 g/mol. The molecule has 5 heteroatoms. The van der Waals surface area contributed by atoms with E-state index in [0.29, 0.717) is 24.6 Å². The fraction of sp³-hybridized carbons (Fsp3) is 0.667. The minimum Gasteiger partial charge on any atom is -0.494 e. The van der Waals surface area contributed by atoms with Gasteiger partial charge in [-0.15, -0.1) is 0 Å². The van der Waals surface area contributed by atoms with Crippen LogP contribution >= 0.6 is 0 Å². The molecule has 0 spiro atoms. The van der Waals surface area contributed by atoms with Crippen molar-refractivity contribution in [3.05, 3.63) is 23.3 Å². The highest BCUT2D eigenvalue weighted by atomic mass is 32.2. The molecule has 2 rings (SSSR count). The van der Waals surface area contributed by atoms with Crippen molar-refractivity contribution in [3.63, 3.8) is 0 Å². The van der Waals surface area contributed by atoms with Gasteiger partial charge in [0.2, 0.25) is 10.0 Å². The largest absolute Gasteiger partial charge is 0.494 e. The molecule has 1 saturated heterocycles. The highest BCUT2D eigenvalue weighted by Gasteiger charge is 2.28. The topological polar surface area (TPSA) is 46.6 Å². The Labute approximate surface area is 140 Å². The lowest BCUT2D eigenvalue weighted by atomic mass is 10.0. The maximum absolute atomic E-state index is 13.1. The van der Waals surface area contributed by atoms with Gasteiger partial charge in [-0.25, -0.2) is 8.42 Å². The van der Waals surface area contributed by atoms with Crippen molar-refractivity contribution < 1.29 is 13.2 Å². The van der Waals surface area contributed by atoms with Crippen LogP contribution in [0.2, 0.25) is 0 Å². The molecule has 130 valence electrons. The molecular formula is C18H29NO3S. The molecule has 1 fully saturated rings. The summed E-state index contributed by atoms with van der Waals surface area (Å²) in [5, 5.41) is 0. The summed E-state index contributed by atoms with van der Waals surface area (Å²) >= 11 is 0. The fourth-order valence-corrected chi connectivity index (χ4v) is 4.87. The molecule has 1 aromatic rings. The number of benzene rings is 1. The van der Waals surface area contributed by atoms with Gasteiger partial charge in [-0.3, -0.25) is 0 Å². The van der Waals surface area contributed by atoms with Gasteiger partial charge in [-0.05, 0) is 55.9 Å². The van der Waals surface area contributed by atoms with E-state index in [-0.39, 0.29) is 5.92 Å². The van der Waals surface area contributed by atoms with Gasteiger partial charge >= 0.3 is 0 Å². The van der Waals surface area contributed by atoms with E-state index in [2.05, 4.69) is 13.8 Å². The van der Waals surface area contributed by atoms with Crippen LogP contribution in [-0.4, -0.2) is 32.4 Å². The number of rotatable bonds is 5. The van der Waals surface area contributed by atoms with Gasteiger partial charge in [0, 0.05) is 13.1 Å². The summed E-state index contributed by atoms with van der Waals surface area (Å²) in [6.45, 7) is 9.78. The number of aryl methyl sites for hydroxylation is 1. The molecule has 0 atom stereocenters. The van der Waals surface area contributed by atoms with Crippen LogP contribution in [0.1, 0.15) is 63.5 Å². The van der Waals surface area contributed by atoms with Crippen molar-refractivity contribution in [3.8, 4) is 5.75 Å². The van der Waals surface area contributed by atoms with E-state index in [1.54, 1.807) is 4.31 Å². The third-order valence-electron chi connectivity index (χ3n) is 4.41. The smallest absolute Gasteiger partial charge is 0.243 e. The number of ether oxygens (including phenoxy) is 1. The van der Waals surface area contributed by atoms with Crippen LogP contribution in [0.15, 0.2) is 17.0 Å². The van der Waals surface area contributed by atoms with Crippen LogP contribution < -0.4 is 4.74 Å². The van der Waals surface area contributed by atoms with E-state index >= 15 is 0 Å². The Morgan fingerprint density at radius 1 is 1.13 bits per heavy atom. The van der Waals surface area contributed by atoms with Crippen LogP contribution in [0.5, 0.6) is 5.75 Å². The molecule has 0 aromatic heterocycles. The Morgan fingerprint density at radius 2 is 1.74 bits per heavy atom. The van der Waals surface area contributed by atoms with E-state index in [4.69, 9.17) is 4.74 Å². The molecule has 1 aliphatic rings. The molecule has 0 amide bonds. The minimum absolute atomic E-state index is 0.218. The maximum atomic E-state index is 13.1. The summed E-state index contributed by atoms with van der Waals surface area (Å²) in [4.78, 5) is 0.437. The Hall–Kier alpha value is -1.07. The van der Waals surface area contributed by atoms with Gasteiger partial charge < -0.3 is 4.74 Å². The average molecular weight is 340 g/mol. The lowest BCUT2D eigenvalue weighted by molar-refractivity contribution is 0.334. The Bertz CT molecular complexity index is 630. The first-order chi connectivity index (χ1) is 10.9. The molecule has 0 N–H and O–H groups in total. The third-order valence-corrected chi connectivity index (χ3v) is 6.45. The number of sulfonamides is 1. The summed E-state index contributed by atoms with van der Waals surface area (Å²) in [6.07, 6.45) is 4.13. The van der Waals surface area contributed by atoms with E-state index in [9.17, 15) is 8.42 Å². The fourth-order valence-electron chi connectivity index (χ4n) is 3.11. The van der Waals surface area contributed by atoms with Gasteiger partial charge in [-0.2, -0.15) is 4.31 Å². The van der Waals surface area contributed by atoms with Crippen LogP contribution in [0.3, 0.4) is 0 Å². The minimum atomic E-state index is -3.43. The van der Waals surface area contributed by atoms with Crippen molar-refractivity contribution in [1.82, 2.24) is 4.31 Å². The third kappa shape index (κ3) is 4.07. The summed E-state index contributed by atoms with van der Waals surface area (Å²) < 4.78 is 33.5. The zero-order chi connectivity index (χ0) is 17.0. The number of hydrogen-bond donors (Lipinski definition) is 0. The molecule has 0 saturated carbocycles. The predicted molar refractivity (Wildman–Crippen MR) is 93.7 cm³/mol. The van der Waals surface area contributed by atoms with Crippen molar-refractivity contribution >= 4 is 10.0 Å². The Kier molecular flexibility index (Phi) is 6.09. The summed E-state index contributed by atoms with van der Waals surface area (Å²) in [5.41, 5.74) is 1.73. The van der Waals surface area contributed by atoms with Crippen molar-refractivity contribution in [2.45, 2.75) is 64.2 Å².